The van der Waals surface area contributed by atoms with Gasteiger partial charge >= 0.3 is 41.8 Å². The Kier molecular flexibility index (Phi) is 10.3. The van der Waals surface area contributed by atoms with Crippen molar-refractivity contribution in [3.8, 4) is 0 Å². The van der Waals surface area contributed by atoms with E-state index in [0.29, 0.717) is 0 Å². The van der Waals surface area contributed by atoms with Crippen LogP contribution in [0.15, 0.2) is 30.3 Å². The van der Waals surface area contributed by atoms with Crippen LogP contribution in [0.25, 0.3) is 0 Å². The number of alkyl halides is 13. The van der Waals surface area contributed by atoms with Gasteiger partial charge in [-0.3, -0.25) is 4.79 Å². The van der Waals surface area contributed by atoms with Gasteiger partial charge in [0.1, 0.15) is 6.04 Å². The van der Waals surface area contributed by atoms with E-state index in [2.05, 4.69) is 0 Å². The van der Waals surface area contributed by atoms with E-state index < -0.39 is 67.1 Å². The molecule has 1 unspecified atom stereocenters. The lowest BCUT2D eigenvalue weighted by Gasteiger charge is -2.39. The van der Waals surface area contributed by atoms with Gasteiger partial charge in [0.2, 0.25) is 0 Å². The number of ether oxygens (including phenoxy) is 1. The second-order valence-electron chi connectivity index (χ2n) is 8.13. The van der Waals surface area contributed by atoms with E-state index in [0.717, 1.165) is 5.56 Å². The third-order valence-corrected chi connectivity index (χ3v) is 5.23. The third-order valence-electron chi connectivity index (χ3n) is 5.23. The van der Waals surface area contributed by atoms with Crippen LogP contribution in [0.5, 0.6) is 0 Å². The number of halogens is 13. The molecule has 2 N–H and O–H groups in total. The summed E-state index contributed by atoms with van der Waals surface area (Å²) in [6.45, 7) is -0.287. The molecule has 0 amide bonds. The zero-order valence-corrected chi connectivity index (χ0v) is 18.7. The number of esters is 1. The fourth-order valence-electron chi connectivity index (χ4n) is 2.99. The number of rotatable bonds is 14. The van der Waals surface area contributed by atoms with Gasteiger partial charge in [-0.05, 0) is 24.8 Å². The lowest BCUT2D eigenvalue weighted by Crippen LogP contribution is -2.70. The van der Waals surface area contributed by atoms with Gasteiger partial charge in [-0.15, -0.1) is 0 Å². The summed E-state index contributed by atoms with van der Waals surface area (Å²) in [6.07, 6.45) is -11.1. The van der Waals surface area contributed by atoms with Crippen molar-refractivity contribution < 1.29 is 66.6 Å². The molecule has 0 aliphatic carbocycles. The molecule has 0 fully saturated rings. The van der Waals surface area contributed by atoms with Gasteiger partial charge in [-0.25, -0.2) is 0 Å². The highest BCUT2D eigenvalue weighted by molar-refractivity contribution is 5.75. The van der Waals surface area contributed by atoms with Gasteiger partial charge in [0.05, 0.1) is 6.61 Å². The highest BCUT2D eigenvalue weighted by atomic mass is 19.4. The summed E-state index contributed by atoms with van der Waals surface area (Å²) >= 11 is 0. The van der Waals surface area contributed by atoms with Crippen LogP contribution >= 0.6 is 0 Å². The minimum Gasteiger partial charge on any atom is -0.465 e. The quantitative estimate of drug-likeness (QED) is 0.153. The Morgan fingerprint density at radius 1 is 0.703 bits per heavy atom. The fraction of sp³-hybridized carbons (Fsp3) is 0.667. The summed E-state index contributed by atoms with van der Waals surface area (Å²) in [7, 11) is 0. The molecule has 3 nitrogen and oxygen atoms in total. The van der Waals surface area contributed by atoms with Gasteiger partial charge in [0.25, 0.3) is 0 Å². The molecule has 0 saturated heterocycles. The monoisotopic (exact) mass is 567 g/mol. The smallest absolute Gasteiger partial charge is 0.460 e. The number of unbranched alkanes of at least 4 members (excludes halogenated alkanes) is 3. The van der Waals surface area contributed by atoms with Crippen molar-refractivity contribution in [1.82, 2.24) is 0 Å². The van der Waals surface area contributed by atoms with Crippen LogP contribution in [-0.4, -0.2) is 54.4 Å². The van der Waals surface area contributed by atoms with E-state index in [1.54, 1.807) is 30.3 Å². The number of nitrogens with two attached hydrogens (primary N) is 1. The summed E-state index contributed by atoms with van der Waals surface area (Å²) in [4.78, 5) is 11.8. The summed E-state index contributed by atoms with van der Waals surface area (Å²) < 4.78 is 174. The van der Waals surface area contributed by atoms with Crippen LogP contribution in [0.4, 0.5) is 57.1 Å². The first-order valence-electron chi connectivity index (χ1n) is 10.6. The Morgan fingerprint density at radius 3 is 1.70 bits per heavy atom. The topological polar surface area (TPSA) is 52.3 Å². The van der Waals surface area contributed by atoms with Gasteiger partial charge in [-0.1, -0.05) is 43.2 Å². The molecule has 37 heavy (non-hydrogen) atoms. The Hall–Kier alpha value is -2.26. The lowest BCUT2D eigenvalue weighted by molar-refractivity contribution is -0.440. The standard InChI is InChI=1S/C21H22F13NO2/c22-16(23,17(24,25)18(26,27)19(28,29)20(30,31)21(32,33)34)10-6-1-2-7-11-37-15(36)14(35)12-13-8-4-3-5-9-13/h3-5,8-9,14H,1-2,6-7,10-12,35H2. The molecule has 0 bridgehead atoms. The van der Waals surface area contributed by atoms with Gasteiger partial charge in [-0.2, -0.15) is 57.1 Å². The zero-order chi connectivity index (χ0) is 28.9. The average molecular weight is 567 g/mol. The van der Waals surface area contributed by atoms with Crippen molar-refractivity contribution in [2.75, 3.05) is 6.61 Å². The number of carbonyl (C=O) groups excluding carboxylic acids is 1. The lowest BCUT2D eigenvalue weighted by atomic mass is 9.91. The van der Waals surface area contributed by atoms with Crippen molar-refractivity contribution >= 4 is 5.97 Å². The third kappa shape index (κ3) is 6.99. The molecule has 1 atom stereocenters. The Morgan fingerprint density at radius 2 is 1.19 bits per heavy atom. The van der Waals surface area contributed by atoms with E-state index in [4.69, 9.17) is 10.5 Å². The highest BCUT2D eigenvalue weighted by Crippen LogP contribution is 2.60. The predicted octanol–water partition coefficient (Wildman–Crippen LogP) is 6.79. The SMILES string of the molecule is NC(Cc1ccccc1)C(=O)OCCCCCCC(F)(F)C(F)(F)C(F)(F)C(F)(F)C(F)(F)C(F)(F)F. The summed E-state index contributed by atoms with van der Waals surface area (Å²) in [6, 6.07) is 7.51. The molecular weight excluding hydrogens is 545 g/mol. The second-order valence-corrected chi connectivity index (χ2v) is 8.13. The Labute approximate surface area is 202 Å². The maximum atomic E-state index is 13.7. The van der Waals surface area contributed by atoms with E-state index in [-0.39, 0.29) is 25.9 Å². The molecular formula is C21H22F13NO2. The molecule has 0 radical (unpaired) electrons. The first kappa shape index (κ1) is 32.8. The number of benzene rings is 1. The van der Waals surface area contributed by atoms with Crippen LogP contribution in [0.3, 0.4) is 0 Å². The van der Waals surface area contributed by atoms with E-state index in [9.17, 15) is 61.9 Å². The van der Waals surface area contributed by atoms with E-state index in [1.165, 1.54) is 0 Å². The molecule has 0 spiro atoms. The molecule has 1 rings (SSSR count). The fourth-order valence-corrected chi connectivity index (χ4v) is 2.99. The molecule has 214 valence electrons. The Balaban J connectivity index is 2.58. The minimum absolute atomic E-state index is 0.0300. The molecule has 0 aromatic heterocycles. The number of hydrogen-bond donors (Lipinski definition) is 1. The first-order valence-corrected chi connectivity index (χ1v) is 10.6. The van der Waals surface area contributed by atoms with E-state index >= 15 is 0 Å². The van der Waals surface area contributed by atoms with Crippen molar-refractivity contribution in [2.24, 2.45) is 5.73 Å². The zero-order valence-electron chi connectivity index (χ0n) is 18.7. The molecule has 0 saturated carbocycles. The maximum absolute atomic E-state index is 13.7. The first-order chi connectivity index (χ1) is 16.6. The van der Waals surface area contributed by atoms with Crippen LogP contribution in [0.1, 0.15) is 37.7 Å². The summed E-state index contributed by atoms with van der Waals surface area (Å²) in [5.74, 6) is -37.5. The van der Waals surface area contributed by atoms with Crippen molar-refractivity contribution in [3.05, 3.63) is 35.9 Å². The van der Waals surface area contributed by atoms with Gasteiger partial charge in [0.15, 0.2) is 0 Å². The van der Waals surface area contributed by atoms with Crippen molar-refractivity contribution in [3.63, 3.8) is 0 Å². The van der Waals surface area contributed by atoms with Crippen molar-refractivity contribution in [2.45, 2.75) is 80.4 Å². The van der Waals surface area contributed by atoms with Crippen LogP contribution in [0, 0.1) is 0 Å². The second kappa shape index (κ2) is 11.6. The molecule has 1 aromatic carbocycles. The van der Waals surface area contributed by atoms with E-state index in [1.807, 2.05) is 0 Å². The molecule has 1 aromatic rings. The molecule has 0 heterocycles. The highest BCUT2D eigenvalue weighted by Gasteiger charge is 2.90. The van der Waals surface area contributed by atoms with Gasteiger partial charge < -0.3 is 10.5 Å². The Bertz CT molecular complexity index is 873. The maximum Gasteiger partial charge on any atom is 0.460 e. The van der Waals surface area contributed by atoms with Gasteiger partial charge in [0, 0.05) is 6.42 Å². The number of carbonyl (C=O) groups is 1. The van der Waals surface area contributed by atoms with Crippen LogP contribution < -0.4 is 5.73 Å². The summed E-state index contributed by atoms with van der Waals surface area (Å²) in [5, 5.41) is 0. The molecule has 0 aliphatic heterocycles. The number of hydrogen-bond acceptors (Lipinski definition) is 3. The largest absolute Gasteiger partial charge is 0.465 e. The molecule has 16 heteroatoms. The van der Waals surface area contributed by atoms with Crippen LogP contribution in [-0.2, 0) is 16.0 Å². The predicted molar refractivity (Wildman–Crippen MR) is 103 cm³/mol. The van der Waals surface area contributed by atoms with Crippen molar-refractivity contribution in [1.29, 1.82) is 0 Å². The molecule has 0 aliphatic rings. The summed E-state index contributed by atoms with van der Waals surface area (Å²) in [5.41, 5.74) is 6.40. The van der Waals surface area contributed by atoms with Crippen LogP contribution in [0.2, 0.25) is 0 Å². The normalized spacial score (nSPS) is 15.0. The minimum atomic E-state index is -7.89. The average Bonchev–Trinajstić information content (AvgIpc) is 2.77.